The fourth-order valence-electron chi connectivity index (χ4n) is 1.76. The SMILES string of the molecule is CC(=O)O/N=C(\Nc1ccc(F)c(Br)c1)c1nonc1NCCS(C)(=O)=O. The van der Waals surface area contributed by atoms with Crippen LogP contribution >= 0.6 is 15.9 Å². The predicted molar refractivity (Wildman–Crippen MR) is 98.5 cm³/mol. The summed E-state index contributed by atoms with van der Waals surface area (Å²) in [7, 11) is -3.19. The summed E-state index contributed by atoms with van der Waals surface area (Å²) in [5.74, 6) is -1.28. The summed E-state index contributed by atoms with van der Waals surface area (Å²) in [4.78, 5) is 15.7. The van der Waals surface area contributed by atoms with E-state index in [2.05, 4.69) is 51.5 Å². The quantitative estimate of drug-likeness (QED) is 0.272. The van der Waals surface area contributed by atoms with Crippen molar-refractivity contribution in [2.45, 2.75) is 6.92 Å². The van der Waals surface area contributed by atoms with Gasteiger partial charge in [0.05, 0.1) is 10.2 Å². The summed E-state index contributed by atoms with van der Waals surface area (Å²) in [6.45, 7) is 1.20. The third kappa shape index (κ3) is 6.60. The highest BCUT2D eigenvalue weighted by Crippen LogP contribution is 2.21. The number of sulfone groups is 1. The van der Waals surface area contributed by atoms with Crippen LogP contribution in [0.4, 0.5) is 15.9 Å². The number of carbonyl (C=O) groups is 1. The van der Waals surface area contributed by atoms with E-state index < -0.39 is 21.6 Å². The average Bonchev–Trinajstić information content (AvgIpc) is 3.01. The zero-order valence-electron chi connectivity index (χ0n) is 14.2. The van der Waals surface area contributed by atoms with E-state index in [1.807, 2.05) is 0 Å². The number of nitrogens with one attached hydrogen (secondary N) is 2. The molecule has 0 aliphatic rings. The molecule has 2 aromatic rings. The van der Waals surface area contributed by atoms with Crippen LogP contribution in [-0.2, 0) is 19.5 Å². The molecule has 146 valence electrons. The van der Waals surface area contributed by atoms with Gasteiger partial charge in [0, 0.05) is 25.4 Å². The molecule has 27 heavy (non-hydrogen) atoms. The smallest absolute Gasteiger partial charge is 0.332 e. The van der Waals surface area contributed by atoms with Gasteiger partial charge in [0.1, 0.15) is 15.7 Å². The zero-order chi connectivity index (χ0) is 20.0. The van der Waals surface area contributed by atoms with Gasteiger partial charge in [-0.2, -0.15) is 0 Å². The van der Waals surface area contributed by atoms with Crippen molar-refractivity contribution in [3.63, 3.8) is 0 Å². The van der Waals surface area contributed by atoms with E-state index in [1.54, 1.807) is 0 Å². The van der Waals surface area contributed by atoms with E-state index >= 15 is 0 Å². The molecule has 0 unspecified atom stereocenters. The number of halogens is 2. The van der Waals surface area contributed by atoms with Crippen LogP contribution in [0, 0.1) is 5.82 Å². The van der Waals surface area contributed by atoms with Gasteiger partial charge in [-0.05, 0) is 44.4 Å². The third-order valence-corrected chi connectivity index (χ3v) is 4.48. The minimum absolute atomic E-state index is 0.0326. The van der Waals surface area contributed by atoms with Crippen molar-refractivity contribution in [1.29, 1.82) is 0 Å². The molecule has 1 aromatic heterocycles. The highest BCUT2D eigenvalue weighted by atomic mass is 79.9. The van der Waals surface area contributed by atoms with Gasteiger partial charge in [-0.3, -0.25) is 0 Å². The second kappa shape index (κ2) is 8.90. The molecular formula is C14H15BrFN5O5S. The minimum atomic E-state index is -3.19. The minimum Gasteiger partial charge on any atom is -0.364 e. The Morgan fingerprint density at radius 3 is 2.78 bits per heavy atom. The number of anilines is 2. The first kappa shape index (κ1) is 20.8. The molecule has 0 spiro atoms. The Hall–Kier alpha value is -2.54. The highest BCUT2D eigenvalue weighted by molar-refractivity contribution is 9.10. The van der Waals surface area contributed by atoms with Crippen LogP contribution in [-0.4, -0.2) is 49.1 Å². The van der Waals surface area contributed by atoms with E-state index in [-0.39, 0.29) is 34.1 Å². The van der Waals surface area contributed by atoms with E-state index in [1.165, 1.54) is 18.2 Å². The number of carbonyl (C=O) groups excluding carboxylic acids is 1. The number of rotatable bonds is 7. The van der Waals surface area contributed by atoms with Gasteiger partial charge >= 0.3 is 5.97 Å². The van der Waals surface area contributed by atoms with Crippen LogP contribution < -0.4 is 10.6 Å². The van der Waals surface area contributed by atoms with Crippen LogP contribution in [0.3, 0.4) is 0 Å². The molecule has 0 amide bonds. The lowest BCUT2D eigenvalue weighted by Gasteiger charge is -2.09. The Bertz CT molecular complexity index is 963. The summed E-state index contributed by atoms with van der Waals surface area (Å²) in [5.41, 5.74) is 0.435. The maximum absolute atomic E-state index is 13.4. The second-order valence-corrected chi connectivity index (χ2v) is 8.41. The van der Waals surface area contributed by atoms with Gasteiger partial charge in [0.15, 0.2) is 5.69 Å². The normalized spacial score (nSPS) is 11.9. The van der Waals surface area contributed by atoms with Crippen molar-refractivity contribution in [3.8, 4) is 0 Å². The molecule has 13 heteroatoms. The van der Waals surface area contributed by atoms with Gasteiger partial charge in [-0.1, -0.05) is 5.16 Å². The Morgan fingerprint density at radius 1 is 1.41 bits per heavy atom. The molecule has 0 saturated carbocycles. The lowest BCUT2D eigenvalue weighted by atomic mass is 10.3. The molecule has 1 aromatic carbocycles. The number of nitrogens with zero attached hydrogens (tertiary/aromatic N) is 3. The van der Waals surface area contributed by atoms with E-state index in [9.17, 15) is 17.6 Å². The lowest BCUT2D eigenvalue weighted by Crippen LogP contribution is -2.20. The molecule has 2 rings (SSSR count). The first-order valence-corrected chi connectivity index (χ1v) is 10.2. The van der Waals surface area contributed by atoms with Crippen molar-refractivity contribution in [1.82, 2.24) is 10.3 Å². The zero-order valence-corrected chi connectivity index (χ0v) is 16.6. The second-order valence-electron chi connectivity index (χ2n) is 5.29. The van der Waals surface area contributed by atoms with E-state index in [4.69, 9.17) is 0 Å². The Labute approximate surface area is 162 Å². The molecule has 0 saturated heterocycles. The lowest BCUT2D eigenvalue weighted by molar-refractivity contribution is -0.140. The summed E-state index contributed by atoms with van der Waals surface area (Å²) in [5, 5.41) is 16.5. The first-order valence-electron chi connectivity index (χ1n) is 7.38. The molecule has 1 heterocycles. The number of benzene rings is 1. The number of oxime groups is 1. The van der Waals surface area contributed by atoms with Crippen LogP contribution in [0.5, 0.6) is 0 Å². The number of hydrogen-bond donors (Lipinski definition) is 2. The molecule has 0 fully saturated rings. The number of aromatic nitrogens is 2. The van der Waals surface area contributed by atoms with E-state index in [0.29, 0.717) is 5.69 Å². The van der Waals surface area contributed by atoms with Crippen molar-refractivity contribution >= 4 is 49.1 Å². The Morgan fingerprint density at radius 2 is 2.15 bits per heavy atom. The molecule has 10 nitrogen and oxygen atoms in total. The van der Waals surface area contributed by atoms with Crippen LogP contribution in [0.25, 0.3) is 0 Å². The molecule has 2 N–H and O–H groups in total. The maximum Gasteiger partial charge on any atom is 0.332 e. The van der Waals surface area contributed by atoms with Gasteiger partial charge in [0.2, 0.25) is 11.7 Å². The van der Waals surface area contributed by atoms with Crippen molar-refractivity contribution < 1.29 is 27.1 Å². The summed E-state index contributed by atoms with van der Waals surface area (Å²) in [6, 6.07) is 4.07. The molecule has 0 atom stereocenters. The van der Waals surface area contributed by atoms with Crippen molar-refractivity contribution in [3.05, 3.63) is 34.2 Å². The molecule has 0 aliphatic carbocycles. The van der Waals surface area contributed by atoms with Crippen LogP contribution in [0.1, 0.15) is 12.6 Å². The number of hydrogen-bond acceptors (Lipinski definition) is 9. The summed E-state index contributed by atoms with van der Waals surface area (Å²) >= 11 is 3.06. The molecule has 0 radical (unpaired) electrons. The third-order valence-electron chi connectivity index (χ3n) is 2.93. The molecule has 0 aliphatic heterocycles. The molecular weight excluding hydrogens is 449 g/mol. The van der Waals surface area contributed by atoms with Gasteiger partial charge in [-0.15, -0.1) is 0 Å². The van der Waals surface area contributed by atoms with Gasteiger partial charge < -0.3 is 15.5 Å². The number of amidine groups is 1. The maximum atomic E-state index is 13.4. The highest BCUT2D eigenvalue weighted by Gasteiger charge is 2.19. The standard InChI is InChI=1S/C14H15BrFN5O5S/c1-8(22)25-20-14(18-9-3-4-11(16)10(15)7-9)12-13(21-26-19-12)17-5-6-27(2,23)24/h3-4,7H,5-6H2,1-2H3,(H,17,21)(H,18,20). The summed E-state index contributed by atoms with van der Waals surface area (Å²) in [6.07, 6.45) is 1.10. The summed E-state index contributed by atoms with van der Waals surface area (Å²) < 4.78 is 40.7. The van der Waals surface area contributed by atoms with Crippen LogP contribution in [0.15, 0.2) is 32.5 Å². The Balaban J connectivity index is 2.26. The largest absolute Gasteiger partial charge is 0.364 e. The van der Waals surface area contributed by atoms with Gasteiger partial charge in [-0.25, -0.2) is 22.2 Å². The topological polar surface area (TPSA) is 136 Å². The fraction of sp³-hybridized carbons (Fsp3) is 0.286. The van der Waals surface area contributed by atoms with Crippen molar-refractivity contribution in [2.24, 2.45) is 5.16 Å². The van der Waals surface area contributed by atoms with E-state index in [0.717, 1.165) is 13.2 Å². The first-order chi connectivity index (χ1) is 12.7. The van der Waals surface area contributed by atoms with Crippen LogP contribution in [0.2, 0.25) is 0 Å². The Kier molecular flexibility index (Phi) is 6.85. The van der Waals surface area contributed by atoms with Gasteiger partial charge in [0.25, 0.3) is 0 Å². The monoisotopic (exact) mass is 463 g/mol. The predicted octanol–water partition coefficient (Wildman–Crippen LogP) is 1.76. The van der Waals surface area contributed by atoms with Crippen molar-refractivity contribution in [2.75, 3.05) is 29.2 Å². The average molecular weight is 464 g/mol. The fourth-order valence-corrected chi connectivity index (χ4v) is 2.61. The molecule has 0 bridgehead atoms.